The number of imidazole rings is 1. The van der Waals surface area contributed by atoms with Crippen molar-refractivity contribution in [1.82, 2.24) is 40.8 Å². The Bertz CT molecular complexity index is 2100. The molecule has 0 atom stereocenters. The first-order valence-corrected chi connectivity index (χ1v) is 14.2. The van der Waals surface area contributed by atoms with Crippen LogP contribution in [0.5, 0.6) is 0 Å². The number of benzene rings is 3. The van der Waals surface area contributed by atoms with Gasteiger partial charge >= 0.3 is 0 Å². The van der Waals surface area contributed by atoms with Gasteiger partial charge in [-0.3, -0.25) is 15.1 Å². The van der Waals surface area contributed by atoms with Gasteiger partial charge in [0.1, 0.15) is 22.8 Å². The van der Waals surface area contributed by atoms with Gasteiger partial charge in [-0.25, -0.2) is 13.8 Å². The number of rotatable bonds is 9. The van der Waals surface area contributed by atoms with Gasteiger partial charge in [-0.05, 0) is 60.1 Å². The highest BCUT2D eigenvalue weighted by Gasteiger charge is 2.19. The summed E-state index contributed by atoms with van der Waals surface area (Å²) in [6.07, 6.45) is 5.10. The summed E-state index contributed by atoms with van der Waals surface area (Å²) in [6.45, 7) is 1.83. The third kappa shape index (κ3) is 5.44. The van der Waals surface area contributed by atoms with Gasteiger partial charge in [0.15, 0.2) is 5.82 Å². The number of nitrogens with one attached hydrogen (secondary N) is 4. The molecule has 8 nitrogen and oxygen atoms in total. The lowest BCUT2D eigenvalue weighted by Crippen LogP contribution is -2.12. The summed E-state index contributed by atoms with van der Waals surface area (Å²) in [5, 5.41) is 14.6. The molecule has 4 N–H and O–H groups in total. The summed E-state index contributed by atoms with van der Waals surface area (Å²) in [6, 6.07) is 21.9. The van der Waals surface area contributed by atoms with Gasteiger partial charge in [-0.15, -0.1) is 0 Å². The number of hydrogen-bond donors (Lipinski definition) is 4. The Morgan fingerprint density at radius 1 is 0.773 bits per heavy atom. The van der Waals surface area contributed by atoms with Gasteiger partial charge in [0, 0.05) is 66.4 Å². The van der Waals surface area contributed by atoms with E-state index in [-0.39, 0.29) is 11.6 Å². The van der Waals surface area contributed by atoms with E-state index in [1.54, 1.807) is 24.7 Å². The topological polar surface area (TPSA) is 107 Å². The van der Waals surface area contributed by atoms with Crippen molar-refractivity contribution < 1.29 is 8.78 Å². The lowest BCUT2D eigenvalue weighted by atomic mass is 10.0. The van der Waals surface area contributed by atoms with E-state index in [1.807, 2.05) is 43.4 Å². The Morgan fingerprint density at radius 2 is 1.61 bits per heavy atom. The number of aromatic nitrogens is 6. The molecule has 10 heteroatoms. The average Bonchev–Trinajstić information content (AvgIpc) is 3.65. The molecule has 0 radical (unpaired) electrons. The molecular weight excluding hydrogens is 558 g/mol. The summed E-state index contributed by atoms with van der Waals surface area (Å²) in [7, 11) is 1.81. The zero-order valence-corrected chi connectivity index (χ0v) is 23.8. The number of H-pyrrole nitrogens is 2. The molecule has 0 spiro atoms. The number of aromatic amines is 2. The summed E-state index contributed by atoms with van der Waals surface area (Å²) >= 11 is 0. The number of pyridine rings is 2. The van der Waals surface area contributed by atoms with E-state index in [2.05, 4.69) is 47.9 Å². The van der Waals surface area contributed by atoms with E-state index in [1.165, 1.54) is 23.8 Å². The average molecular weight is 587 g/mol. The zero-order valence-electron chi connectivity index (χ0n) is 23.8. The Morgan fingerprint density at radius 3 is 2.48 bits per heavy atom. The molecule has 44 heavy (non-hydrogen) atoms. The van der Waals surface area contributed by atoms with Crippen molar-refractivity contribution in [3.8, 4) is 33.9 Å². The summed E-state index contributed by atoms with van der Waals surface area (Å²) in [5.41, 5.74) is 7.56. The van der Waals surface area contributed by atoms with Crippen LogP contribution in [0.25, 0.3) is 55.8 Å². The molecule has 4 aromatic heterocycles. The highest BCUT2D eigenvalue weighted by Crippen LogP contribution is 2.34. The minimum atomic E-state index is -0.386. The van der Waals surface area contributed by atoms with Crippen molar-refractivity contribution >= 4 is 21.9 Å². The Balaban J connectivity index is 1.23. The molecule has 218 valence electrons. The molecule has 4 heterocycles. The first kappa shape index (κ1) is 27.5. The molecule has 0 amide bonds. The van der Waals surface area contributed by atoms with Gasteiger partial charge in [-0.2, -0.15) is 5.10 Å². The van der Waals surface area contributed by atoms with E-state index < -0.39 is 0 Å². The van der Waals surface area contributed by atoms with Crippen molar-refractivity contribution in [1.29, 1.82) is 0 Å². The lowest BCUT2D eigenvalue weighted by molar-refractivity contribution is 0.624. The van der Waals surface area contributed by atoms with E-state index in [0.29, 0.717) is 63.4 Å². The Labute approximate surface area is 251 Å². The third-order valence-corrected chi connectivity index (χ3v) is 7.49. The molecule has 0 aliphatic rings. The van der Waals surface area contributed by atoms with E-state index in [0.717, 1.165) is 23.2 Å². The van der Waals surface area contributed by atoms with E-state index >= 15 is 4.39 Å². The van der Waals surface area contributed by atoms with Crippen molar-refractivity contribution in [2.24, 2.45) is 0 Å². The SMILES string of the molecule is CNCc1cc(F)cc(-c2nccc3[nH]c(-c4n[nH]c5cc(F)c(-c6cncc(CNCc7ccccc7)c6)cc45)nc23)c1. The van der Waals surface area contributed by atoms with Crippen LogP contribution in [-0.2, 0) is 19.6 Å². The molecule has 7 rings (SSSR count). The van der Waals surface area contributed by atoms with Crippen LogP contribution in [0.3, 0.4) is 0 Å². The molecule has 3 aromatic carbocycles. The second kappa shape index (κ2) is 11.8. The lowest BCUT2D eigenvalue weighted by Gasteiger charge is -2.08. The van der Waals surface area contributed by atoms with Crippen LogP contribution in [0.15, 0.2) is 91.4 Å². The second-order valence-electron chi connectivity index (χ2n) is 10.6. The normalized spacial score (nSPS) is 11.5. The maximum absolute atomic E-state index is 15.4. The van der Waals surface area contributed by atoms with Gasteiger partial charge in [0.05, 0.1) is 16.7 Å². The molecule has 0 saturated heterocycles. The van der Waals surface area contributed by atoms with Crippen LogP contribution in [0.2, 0.25) is 0 Å². The van der Waals surface area contributed by atoms with Gasteiger partial charge in [0.25, 0.3) is 0 Å². The molecule has 0 unspecified atom stereocenters. The predicted molar refractivity (Wildman–Crippen MR) is 167 cm³/mol. The van der Waals surface area contributed by atoms with Crippen LogP contribution in [-0.4, -0.2) is 37.2 Å². The van der Waals surface area contributed by atoms with Crippen molar-refractivity contribution in [2.45, 2.75) is 19.6 Å². The number of hydrogen-bond acceptors (Lipinski definition) is 6. The maximum Gasteiger partial charge on any atom is 0.159 e. The van der Waals surface area contributed by atoms with Gasteiger partial charge < -0.3 is 15.6 Å². The fourth-order valence-electron chi connectivity index (χ4n) is 5.47. The minimum absolute atomic E-state index is 0.347. The van der Waals surface area contributed by atoms with Gasteiger partial charge in [0.2, 0.25) is 0 Å². The second-order valence-corrected chi connectivity index (χ2v) is 10.6. The Kier molecular flexibility index (Phi) is 7.35. The molecule has 0 fully saturated rings. The van der Waals surface area contributed by atoms with Crippen LogP contribution in [0.1, 0.15) is 16.7 Å². The maximum atomic E-state index is 15.4. The fraction of sp³-hybridized carbons (Fsp3) is 0.118. The van der Waals surface area contributed by atoms with Crippen LogP contribution in [0, 0.1) is 11.6 Å². The van der Waals surface area contributed by atoms with Crippen molar-refractivity contribution in [2.75, 3.05) is 7.05 Å². The van der Waals surface area contributed by atoms with E-state index in [9.17, 15) is 4.39 Å². The highest BCUT2D eigenvalue weighted by molar-refractivity contribution is 5.97. The van der Waals surface area contributed by atoms with Crippen LogP contribution in [0.4, 0.5) is 8.78 Å². The van der Waals surface area contributed by atoms with Crippen molar-refractivity contribution in [3.05, 3.63) is 120 Å². The summed E-state index contributed by atoms with van der Waals surface area (Å²) < 4.78 is 29.9. The third-order valence-electron chi connectivity index (χ3n) is 7.49. The predicted octanol–water partition coefficient (Wildman–Crippen LogP) is 6.52. The Hall–Kier alpha value is -5.32. The fourth-order valence-corrected chi connectivity index (χ4v) is 5.47. The monoisotopic (exact) mass is 586 g/mol. The van der Waals surface area contributed by atoms with Crippen molar-refractivity contribution in [3.63, 3.8) is 0 Å². The molecular formula is C34H28F2N8. The molecule has 7 aromatic rings. The number of nitrogens with zero attached hydrogens (tertiary/aromatic N) is 4. The summed E-state index contributed by atoms with van der Waals surface area (Å²) in [5.74, 6) is -0.244. The van der Waals surface area contributed by atoms with Crippen LogP contribution < -0.4 is 10.6 Å². The molecule has 0 saturated carbocycles. The number of fused-ring (bicyclic) bond motifs is 2. The minimum Gasteiger partial charge on any atom is -0.336 e. The van der Waals surface area contributed by atoms with Crippen LogP contribution >= 0.6 is 0 Å². The number of halogens is 2. The summed E-state index contributed by atoms with van der Waals surface area (Å²) in [4.78, 5) is 17.1. The molecule has 0 aliphatic carbocycles. The van der Waals surface area contributed by atoms with Gasteiger partial charge in [-0.1, -0.05) is 30.3 Å². The highest BCUT2D eigenvalue weighted by atomic mass is 19.1. The first-order chi connectivity index (χ1) is 21.6. The quantitative estimate of drug-likeness (QED) is 0.154. The molecule has 0 bridgehead atoms. The smallest absolute Gasteiger partial charge is 0.159 e. The zero-order chi connectivity index (χ0) is 30.0. The molecule has 0 aliphatic heterocycles. The standard InChI is InChI=1S/C34H28F2N8/c1-37-15-21-9-23(12-25(35)11-21)31-33-29(7-8-40-31)41-34(42-33)32-27-13-26(28(36)14-30(27)43-44-32)24-10-22(18-39-19-24)17-38-16-20-5-3-2-4-6-20/h2-14,18-19,37-38H,15-17H2,1H3,(H,41,42)(H,43,44). The largest absolute Gasteiger partial charge is 0.336 e. The van der Waals surface area contributed by atoms with E-state index in [4.69, 9.17) is 4.98 Å². The first-order valence-electron chi connectivity index (χ1n) is 14.2.